The Morgan fingerprint density at radius 3 is 2.39 bits per heavy atom. The van der Waals surface area contributed by atoms with Crippen LogP contribution in [0.15, 0.2) is 64.8 Å². The lowest BCUT2D eigenvalue weighted by Crippen LogP contribution is -2.38. The van der Waals surface area contributed by atoms with Crippen molar-refractivity contribution in [2.45, 2.75) is 38.5 Å². The molecule has 2 aromatic carbocycles. The van der Waals surface area contributed by atoms with Crippen LogP contribution in [0.25, 0.3) is 0 Å². The van der Waals surface area contributed by atoms with Gasteiger partial charge in [0.05, 0.1) is 0 Å². The number of Topliss-reactive ketones (excluding diaryl/α,β-unsaturated/α-hetero) is 1. The molecule has 0 bridgehead atoms. The summed E-state index contributed by atoms with van der Waals surface area (Å²) in [5, 5.41) is 0.673. The maximum Gasteiger partial charge on any atom is 0.315 e. The zero-order chi connectivity index (χ0) is 25.8. The van der Waals surface area contributed by atoms with Crippen molar-refractivity contribution in [3.8, 4) is 0 Å². The molecule has 1 aliphatic carbocycles. The van der Waals surface area contributed by atoms with Gasteiger partial charge in [-0.15, -0.1) is 0 Å². The number of carbonyl (C=O) groups excluding carboxylic acids is 2. The molecule has 0 N–H and O–H groups in total. The van der Waals surface area contributed by atoms with Gasteiger partial charge in [-0.05, 0) is 60.4 Å². The lowest BCUT2D eigenvalue weighted by molar-refractivity contribution is -0.145. The standard InChI is InChI=1S/C29H33ClN2O3S/c1-5-36-15-14-35-29(34)26-18(2)31-24-16-21(19-6-10-22(30)11-7-19)17-25(33)28(24)27(26)20-8-12-23(13-9-20)32(3)4/h6-13,21,26-27H,5,14-17H2,1-4H3/t21-,26?,27+/m0/s1. The average molecular weight is 525 g/mol. The van der Waals surface area contributed by atoms with Gasteiger partial charge in [0.15, 0.2) is 5.78 Å². The van der Waals surface area contributed by atoms with Gasteiger partial charge in [-0.3, -0.25) is 14.6 Å². The quantitative estimate of drug-likeness (QED) is 0.300. The number of hydrogen-bond acceptors (Lipinski definition) is 6. The van der Waals surface area contributed by atoms with Crippen molar-refractivity contribution in [3.05, 3.63) is 76.0 Å². The summed E-state index contributed by atoms with van der Waals surface area (Å²) in [6.45, 7) is 4.32. The van der Waals surface area contributed by atoms with E-state index in [2.05, 4.69) is 6.92 Å². The molecule has 0 spiro atoms. The fraction of sp³-hybridized carbons (Fsp3) is 0.414. The monoisotopic (exact) mass is 524 g/mol. The Labute approximate surface area is 223 Å². The van der Waals surface area contributed by atoms with E-state index in [1.54, 1.807) is 11.8 Å². The normalized spacial score (nSPS) is 21.6. The van der Waals surface area contributed by atoms with E-state index in [9.17, 15) is 9.59 Å². The summed E-state index contributed by atoms with van der Waals surface area (Å²) >= 11 is 7.81. The Bertz CT molecular complexity index is 1170. The molecule has 36 heavy (non-hydrogen) atoms. The Kier molecular flexibility index (Phi) is 8.58. The molecule has 2 aliphatic rings. The van der Waals surface area contributed by atoms with Crippen LogP contribution in [0.5, 0.6) is 0 Å². The number of hydrogen-bond donors (Lipinski definition) is 0. The summed E-state index contributed by atoms with van der Waals surface area (Å²) in [5.74, 6) is 0.485. The minimum absolute atomic E-state index is 0.0383. The molecule has 0 saturated heterocycles. The first-order valence-corrected chi connectivity index (χ1v) is 13.9. The van der Waals surface area contributed by atoms with Crippen molar-refractivity contribution in [2.75, 3.05) is 37.1 Å². The molecule has 3 atom stereocenters. The van der Waals surface area contributed by atoms with E-state index in [1.165, 1.54) is 0 Å². The number of nitrogens with zero attached hydrogens (tertiary/aromatic N) is 2. The third-order valence-corrected chi connectivity index (χ3v) is 8.04. The maximum absolute atomic E-state index is 13.7. The van der Waals surface area contributed by atoms with Gasteiger partial charge in [0.1, 0.15) is 12.5 Å². The molecule has 1 heterocycles. The van der Waals surface area contributed by atoms with Crippen LogP contribution in [-0.2, 0) is 14.3 Å². The zero-order valence-electron chi connectivity index (χ0n) is 21.3. The van der Waals surface area contributed by atoms with Crippen molar-refractivity contribution >= 4 is 46.5 Å². The first-order valence-electron chi connectivity index (χ1n) is 12.4. The van der Waals surface area contributed by atoms with Crippen LogP contribution in [-0.4, -0.2) is 49.7 Å². The Balaban J connectivity index is 1.71. The van der Waals surface area contributed by atoms with Crippen molar-refractivity contribution in [1.29, 1.82) is 0 Å². The molecule has 190 valence electrons. The van der Waals surface area contributed by atoms with Crippen molar-refractivity contribution in [2.24, 2.45) is 10.9 Å². The molecule has 1 unspecified atom stereocenters. The lowest BCUT2D eigenvalue weighted by Gasteiger charge is -2.36. The molecule has 2 aromatic rings. The van der Waals surface area contributed by atoms with E-state index < -0.39 is 11.8 Å². The molecule has 0 fully saturated rings. The highest BCUT2D eigenvalue weighted by Crippen LogP contribution is 2.47. The number of ether oxygens (including phenoxy) is 1. The number of thioether (sulfide) groups is 1. The van der Waals surface area contributed by atoms with Gasteiger partial charge in [-0.25, -0.2) is 0 Å². The first-order chi connectivity index (χ1) is 17.3. The van der Waals surface area contributed by atoms with E-state index in [0.717, 1.165) is 34.0 Å². The lowest BCUT2D eigenvalue weighted by atomic mass is 9.69. The predicted molar refractivity (Wildman–Crippen MR) is 150 cm³/mol. The minimum atomic E-state index is -0.614. The Morgan fingerprint density at radius 1 is 1.08 bits per heavy atom. The second-order valence-corrected chi connectivity index (χ2v) is 11.3. The van der Waals surface area contributed by atoms with Crippen molar-refractivity contribution in [1.82, 2.24) is 0 Å². The molecule has 5 nitrogen and oxygen atoms in total. The third-order valence-electron chi connectivity index (χ3n) is 6.93. The van der Waals surface area contributed by atoms with Crippen LogP contribution < -0.4 is 4.90 Å². The highest BCUT2D eigenvalue weighted by molar-refractivity contribution is 7.99. The van der Waals surface area contributed by atoms with Gasteiger partial charge in [-0.2, -0.15) is 11.8 Å². The van der Waals surface area contributed by atoms with Crippen molar-refractivity contribution in [3.63, 3.8) is 0 Å². The molecule has 7 heteroatoms. The van der Waals surface area contributed by atoms with Gasteiger partial charge in [0.2, 0.25) is 0 Å². The number of aliphatic imine (C=N–C) groups is 1. The summed E-state index contributed by atoms with van der Waals surface area (Å²) in [4.78, 5) is 33.9. The minimum Gasteiger partial charge on any atom is -0.464 e. The Hall–Kier alpha value is -2.57. The predicted octanol–water partition coefficient (Wildman–Crippen LogP) is 6.28. The molecule has 1 aliphatic heterocycles. The molecule has 0 aromatic heterocycles. The highest BCUT2D eigenvalue weighted by atomic mass is 35.5. The van der Waals surface area contributed by atoms with E-state index in [0.29, 0.717) is 35.8 Å². The summed E-state index contributed by atoms with van der Waals surface area (Å²) in [6.07, 6.45) is 1.04. The van der Waals surface area contributed by atoms with Crippen LogP contribution in [0.3, 0.4) is 0 Å². The third kappa shape index (κ3) is 5.70. The van der Waals surface area contributed by atoms with Gasteiger partial charge >= 0.3 is 5.97 Å². The molecular formula is C29H33ClN2O3S. The molecule has 0 amide bonds. The summed E-state index contributed by atoms with van der Waals surface area (Å²) in [7, 11) is 3.98. The van der Waals surface area contributed by atoms with E-state index in [1.807, 2.05) is 74.4 Å². The number of esters is 1. The topological polar surface area (TPSA) is 59.0 Å². The molecule has 0 radical (unpaired) electrons. The molecular weight excluding hydrogens is 492 g/mol. The van der Waals surface area contributed by atoms with Gasteiger partial charge in [0.25, 0.3) is 0 Å². The van der Waals surface area contributed by atoms with Crippen LogP contribution in [0.2, 0.25) is 5.02 Å². The largest absolute Gasteiger partial charge is 0.464 e. The number of rotatable bonds is 8. The van der Waals surface area contributed by atoms with Crippen LogP contribution in [0.4, 0.5) is 5.69 Å². The summed E-state index contributed by atoms with van der Waals surface area (Å²) in [5.41, 5.74) is 5.22. The zero-order valence-corrected chi connectivity index (χ0v) is 22.9. The number of anilines is 1. The number of allylic oxidation sites excluding steroid dienone is 2. The van der Waals surface area contributed by atoms with Gasteiger partial charge in [0, 0.05) is 59.9 Å². The van der Waals surface area contributed by atoms with Crippen LogP contribution in [0, 0.1) is 5.92 Å². The fourth-order valence-electron chi connectivity index (χ4n) is 5.11. The smallest absolute Gasteiger partial charge is 0.315 e. The number of ketones is 1. The highest BCUT2D eigenvalue weighted by Gasteiger charge is 2.44. The number of carbonyl (C=O) groups is 2. The average Bonchev–Trinajstić information content (AvgIpc) is 2.86. The fourth-order valence-corrected chi connectivity index (χ4v) is 5.73. The van der Waals surface area contributed by atoms with E-state index in [-0.39, 0.29) is 17.7 Å². The number of halogens is 1. The maximum atomic E-state index is 13.7. The second-order valence-electron chi connectivity index (χ2n) is 9.50. The summed E-state index contributed by atoms with van der Waals surface area (Å²) in [6, 6.07) is 15.8. The summed E-state index contributed by atoms with van der Waals surface area (Å²) < 4.78 is 5.69. The van der Waals surface area contributed by atoms with Crippen molar-refractivity contribution < 1.29 is 14.3 Å². The van der Waals surface area contributed by atoms with E-state index in [4.69, 9.17) is 21.3 Å². The van der Waals surface area contributed by atoms with Gasteiger partial charge in [-0.1, -0.05) is 42.8 Å². The van der Waals surface area contributed by atoms with Crippen LogP contribution in [0.1, 0.15) is 49.7 Å². The molecule has 4 rings (SSSR count). The second kappa shape index (κ2) is 11.7. The Morgan fingerprint density at radius 2 is 1.75 bits per heavy atom. The van der Waals surface area contributed by atoms with Gasteiger partial charge < -0.3 is 9.64 Å². The SMILES string of the molecule is CCSCCOC(=O)C1C(C)=NC2=C(C(=O)C[C@@H](c3ccc(Cl)cc3)C2)[C@@H]1c1ccc(N(C)C)cc1. The van der Waals surface area contributed by atoms with E-state index >= 15 is 0 Å². The van der Waals surface area contributed by atoms with Crippen LogP contribution >= 0.6 is 23.4 Å². The number of benzene rings is 2. The first kappa shape index (κ1) is 26.5. The molecule has 0 saturated carbocycles.